The summed E-state index contributed by atoms with van der Waals surface area (Å²) in [5.41, 5.74) is 7.95. The second-order valence-corrected chi connectivity index (χ2v) is 8.07. The molecule has 2 heterocycles. The average molecular weight is 395 g/mol. The Morgan fingerprint density at radius 1 is 1.21 bits per heavy atom. The van der Waals surface area contributed by atoms with Crippen molar-refractivity contribution in [3.05, 3.63) is 64.2 Å². The molecule has 1 amide bonds. The van der Waals surface area contributed by atoms with E-state index in [9.17, 15) is 9.59 Å². The van der Waals surface area contributed by atoms with Gasteiger partial charge in [-0.05, 0) is 42.2 Å². The molecule has 4 rings (SSSR count). The van der Waals surface area contributed by atoms with Crippen molar-refractivity contribution >= 4 is 28.6 Å². The third-order valence-electron chi connectivity index (χ3n) is 4.88. The van der Waals surface area contributed by atoms with Crippen LogP contribution >= 0.6 is 11.8 Å². The molecule has 1 aliphatic rings. The van der Waals surface area contributed by atoms with E-state index in [0.29, 0.717) is 33.3 Å². The highest BCUT2D eigenvalue weighted by Gasteiger charge is 2.15. The average Bonchev–Trinajstić information content (AvgIpc) is 2.72. The fraction of sp³-hybridized carbons (Fsp3) is 0.286. The van der Waals surface area contributed by atoms with E-state index in [1.165, 1.54) is 0 Å². The summed E-state index contributed by atoms with van der Waals surface area (Å²) in [6.07, 6.45) is 2.05. The van der Waals surface area contributed by atoms with Gasteiger partial charge < -0.3 is 15.5 Å². The maximum Gasteiger partial charge on any atom is 0.258 e. The SMILES string of the molecule is NC(=O)c1ccccc1-c1ccc2c(=O)[nH]c(CSC3CCOCC3)nc2c1. The highest BCUT2D eigenvalue weighted by molar-refractivity contribution is 7.99. The van der Waals surface area contributed by atoms with Gasteiger partial charge in [0.25, 0.3) is 5.56 Å². The number of nitrogens with one attached hydrogen (secondary N) is 1. The van der Waals surface area contributed by atoms with Gasteiger partial charge in [-0.25, -0.2) is 4.98 Å². The van der Waals surface area contributed by atoms with Gasteiger partial charge in [-0.2, -0.15) is 11.8 Å². The molecule has 0 saturated carbocycles. The monoisotopic (exact) mass is 395 g/mol. The summed E-state index contributed by atoms with van der Waals surface area (Å²) in [4.78, 5) is 31.8. The maximum atomic E-state index is 12.5. The molecule has 28 heavy (non-hydrogen) atoms. The summed E-state index contributed by atoms with van der Waals surface area (Å²) in [6.45, 7) is 1.59. The van der Waals surface area contributed by atoms with Gasteiger partial charge in [-0.3, -0.25) is 9.59 Å². The Morgan fingerprint density at radius 3 is 2.79 bits per heavy atom. The van der Waals surface area contributed by atoms with Crippen LogP contribution in [-0.4, -0.2) is 34.3 Å². The summed E-state index contributed by atoms with van der Waals surface area (Å²) >= 11 is 1.80. The number of rotatable bonds is 5. The van der Waals surface area contributed by atoms with E-state index in [2.05, 4.69) is 9.97 Å². The van der Waals surface area contributed by atoms with E-state index in [1.807, 2.05) is 24.3 Å². The van der Waals surface area contributed by atoms with Gasteiger partial charge in [0.1, 0.15) is 5.82 Å². The first-order valence-electron chi connectivity index (χ1n) is 9.23. The summed E-state index contributed by atoms with van der Waals surface area (Å²) in [6, 6.07) is 12.6. The molecule has 7 heteroatoms. The zero-order chi connectivity index (χ0) is 19.5. The van der Waals surface area contributed by atoms with Crippen molar-refractivity contribution in [2.45, 2.75) is 23.8 Å². The number of nitrogens with two attached hydrogens (primary N) is 1. The first kappa shape index (κ1) is 18.7. The van der Waals surface area contributed by atoms with Crippen molar-refractivity contribution in [3.63, 3.8) is 0 Å². The Bertz CT molecular complexity index is 1070. The number of thioether (sulfide) groups is 1. The van der Waals surface area contributed by atoms with Gasteiger partial charge in [-0.1, -0.05) is 24.3 Å². The molecule has 0 bridgehead atoms. The molecule has 1 fully saturated rings. The lowest BCUT2D eigenvalue weighted by Gasteiger charge is -2.21. The van der Waals surface area contributed by atoms with Crippen LogP contribution < -0.4 is 11.3 Å². The molecule has 1 saturated heterocycles. The van der Waals surface area contributed by atoms with E-state index in [1.54, 1.807) is 30.0 Å². The number of amides is 1. The van der Waals surface area contributed by atoms with Crippen molar-refractivity contribution in [1.29, 1.82) is 0 Å². The van der Waals surface area contributed by atoms with Crippen molar-refractivity contribution in [1.82, 2.24) is 9.97 Å². The molecule has 1 aromatic heterocycles. The number of nitrogens with zero attached hydrogens (tertiary/aromatic N) is 1. The van der Waals surface area contributed by atoms with Crippen LogP contribution in [0.5, 0.6) is 0 Å². The Labute approximate surface area is 166 Å². The number of benzene rings is 2. The summed E-state index contributed by atoms with van der Waals surface area (Å²) in [5, 5.41) is 1.06. The molecular formula is C21H21N3O3S. The molecule has 144 valence electrons. The van der Waals surface area contributed by atoms with Crippen molar-refractivity contribution < 1.29 is 9.53 Å². The highest BCUT2D eigenvalue weighted by atomic mass is 32.2. The van der Waals surface area contributed by atoms with Gasteiger partial charge in [0.15, 0.2) is 0 Å². The first-order chi connectivity index (χ1) is 13.6. The summed E-state index contributed by atoms with van der Waals surface area (Å²) < 4.78 is 5.39. The second kappa shape index (κ2) is 8.16. The molecule has 1 aliphatic heterocycles. The predicted molar refractivity (Wildman–Crippen MR) is 111 cm³/mol. The molecule has 0 radical (unpaired) electrons. The number of hydrogen-bond acceptors (Lipinski definition) is 5. The quantitative estimate of drug-likeness (QED) is 0.692. The zero-order valence-corrected chi connectivity index (χ0v) is 16.1. The van der Waals surface area contributed by atoms with Crippen LogP contribution in [-0.2, 0) is 10.5 Å². The standard InChI is InChI=1S/C21H21N3O3S/c22-20(25)16-4-2-1-3-15(16)13-5-6-17-18(11-13)23-19(24-21(17)26)12-28-14-7-9-27-10-8-14/h1-6,11,14H,7-10,12H2,(H2,22,25)(H,23,24,26). The number of primary amides is 1. The van der Waals surface area contributed by atoms with Crippen molar-refractivity contribution in [3.8, 4) is 11.1 Å². The number of aromatic amines is 1. The number of hydrogen-bond donors (Lipinski definition) is 2. The normalized spacial score (nSPS) is 15.0. The van der Waals surface area contributed by atoms with E-state index in [4.69, 9.17) is 10.5 Å². The predicted octanol–water partition coefficient (Wildman–Crippen LogP) is 3.10. The van der Waals surface area contributed by atoms with Crippen LogP contribution in [0, 0.1) is 0 Å². The molecule has 0 spiro atoms. The third kappa shape index (κ3) is 3.95. The summed E-state index contributed by atoms with van der Waals surface area (Å²) in [7, 11) is 0. The molecule has 6 nitrogen and oxygen atoms in total. The minimum atomic E-state index is -0.483. The summed E-state index contributed by atoms with van der Waals surface area (Å²) in [5.74, 6) is 0.829. The van der Waals surface area contributed by atoms with E-state index < -0.39 is 5.91 Å². The number of ether oxygens (including phenoxy) is 1. The van der Waals surface area contributed by atoms with Crippen LogP contribution in [0.25, 0.3) is 22.0 Å². The number of carbonyl (C=O) groups is 1. The Balaban J connectivity index is 1.67. The maximum absolute atomic E-state index is 12.5. The van der Waals surface area contributed by atoms with Gasteiger partial charge in [0.05, 0.1) is 16.7 Å². The smallest absolute Gasteiger partial charge is 0.258 e. The van der Waals surface area contributed by atoms with Crippen LogP contribution in [0.3, 0.4) is 0 Å². The van der Waals surface area contributed by atoms with Crippen LogP contribution in [0.4, 0.5) is 0 Å². The number of aromatic nitrogens is 2. The van der Waals surface area contributed by atoms with Crippen LogP contribution in [0.2, 0.25) is 0 Å². The molecule has 0 unspecified atom stereocenters. The molecule has 2 aromatic carbocycles. The topological polar surface area (TPSA) is 98.1 Å². The fourth-order valence-corrected chi connectivity index (χ4v) is 4.47. The fourth-order valence-electron chi connectivity index (χ4n) is 3.41. The zero-order valence-electron chi connectivity index (χ0n) is 15.3. The minimum Gasteiger partial charge on any atom is -0.381 e. The van der Waals surface area contributed by atoms with Crippen molar-refractivity contribution in [2.24, 2.45) is 5.73 Å². The number of fused-ring (bicyclic) bond motifs is 1. The number of carbonyl (C=O) groups excluding carboxylic acids is 1. The lowest BCUT2D eigenvalue weighted by molar-refractivity contribution is 0.0997. The van der Waals surface area contributed by atoms with Gasteiger partial charge in [0, 0.05) is 24.0 Å². The van der Waals surface area contributed by atoms with Crippen LogP contribution in [0.15, 0.2) is 47.3 Å². The van der Waals surface area contributed by atoms with Gasteiger partial charge in [0.2, 0.25) is 5.91 Å². The van der Waals surface area contributed by atoms with Gasteiger partial charge >= 0.3 is 0 Å². The van der Waals surface area contributed by atoms with E-state index >= 15 is 0 Å². The molecule has 0 atom stereocenters. The second-order valence-electron chi connectivity index (χ2n) is 6.78. The number of H-pyrrole nitrogens is 1. The lowest BCUT2D eigenvalue weighted by atomic mass is 9.98. The Hall–Kier alpha value is -2.64. The van der Waals surface area contributed by atoms with Gasteiger partial charge in [-0.15, -0.1) is 0 Å². The molecular weight excluding hydrogens is 374 g/mol. The van der Waals surface area contributed by atoms with Crippen LogP contribution in [0.1, 0.15) is 29.0 Å². The van der Waals surface area contributed by atoms with Crippen molar-refractivity contribution in [2.75, 3.05) is 13.2 Å². The molecule has 0 aliphatic carbocycles. The third-order valence-corrected chi connectivity index (χ3v) is 6.27. The largest absolute Gasteiger partial charge is 0.381 e. The minimum absolute atomic E-state index is 0.151. The highest BCUT2D eigenvalue weighted by Crippen LogP contribution is 2.27. The molecule has 3 N–H and O–H groups in total. The first-order valence-corrected chi connectivity index (χ1v) is 10.3. The Morgan fingerprint density at radius 2 is 2.00 bits per heavy atom. The van der Waals surface area contributed by atoms with E-state index in [-0.39, 0.29) is 5.56 Å². The van der Waals surface area contributed by atoms with E-state index in [0.717, 1.165) is 37.2 Å². The Kier molecular flexibility index (Phi) is 5.45. The lowest BCUT2D eigenvalue weighted by Crippen LogP contribution is -2.18. The molecule has 3 aromatic rings.